The molecule has 0 atom stereocenters. The fraction of sp³-hybridized carbons (Fsp3) is 1.00. The maximum absolute atomic E-state index is 5.68. The van der Waals surface area contributed by atoms with E-state index in [9.17, 15) is 0 Å². The number of likely N-dealkylation sites (tertiary alicyclic amines) is 1. The summed E-state index contributed by atoms with van der Waals surface area (Å²) in [4.78, 5) is 2.34. The van der Waals surface area contributed by atoms with Crippen LogP contribution in [0.3, 0.4) is 0 Å². The molecule has 0 spiro atoms. The van der Waals surface area contributed by atoms with Crippen molar-refractivity contribution in [3.8, 4) is 0 Å². The van der Waals surface area contributed by atoms with E-state index < -0.39 is 0 Å². The third-order valence-corrected chi connectivity index (χ3v) is 3.38. The van der Waals surface area contributed by atoms with Crippen molar-refractivity contribution in [2.24, 2.45) is 5.92 Å². The number of methoxy groups -OCH3 is 1. The van der Waals surface area contributed by atoms with E-state index >= 15 is 0 Å². The predicted molar refractivity (Wildman–Crippen MR) is 71.4 cm³/mol. The zero-order valence-electron chi connectivity index (χ0n) is 11.6. The summed E-state index contributed by atoms with van der Waals surface area (Å²) in [7, 11) is 3.94. The summed E-state index contributed by atoms with van der Waals surface area (Å²) in [6.45, 7) is 5.29. The summed E-state index contributed by atoms with van der Waals surface area (Å²) in [6, 6.07) is 0. The summed E-state index contributed by atoms with van der Waals surface area (Å²) in [5, 5.41) is 0. The van der Waals surface area contributed by atoms with Crippen molar-refractivity contribution in [3.05, 3.63) is 0 Å². The molecule has 0 aromatic carbocycles. The van der Waals surface area contributed by atoms with Crippen LogP contribution in [0.2, 0.25) is 0 Å². The Bertz CT molecular complexity index is 170. The average Bonchev–Trinajstić information content (AvgIpc) is 2.29. The van der Waals surface area contributed by atoms with Crippen LogP contribution in [0.25, 0.3) is 0 Å². The van der Waals surface area contributed by atoms with E-state index in [2.05, 4.69) is 11.9 Å². The van der Waals surface area contributed by atoms with Gasteiger partial charge in [-0.05, 0) is 19.9 Å². The molecule has 0 unspecified atom stereocenters. The number of rotatable bonds is 11. The molecule has 102 valence electrons. The molecule has 0 saturated carbocycles. The van der Waals surface area contributed by atoms with Gasteiger partial charge < -0.3 is 14.4 Å². The zero-order chi connectivity index (χ0) is 12.3. The second kappa shape index (κ2) is 9.86. The molecular weight excluding hydrogens is 214 g/mol. The lowest BCUT2D eigenvalue weighted by Crippen LogP contribution is -2.45. The van der Waals surface area contributed by atoms with Crippen molar-refractivity contribution < 1.29 is 9.47 Å². The minimum Gasteiger partial charge on any atom is -0.385 e. The van der Waals surface area contributed by atoms with Crippen LogP contribution in [-0.4, -0.2) is 52.0 Å². The molecule has 17 heavy (non-hydrogen) atoms. The van der Waals surface area contributed by atoms with Gasteiger partial charge in [0.05, 0.1) is 6.61 Å². The van der Waals surface area contributed by atoms with Gasteiger partial charge in [-0.3, -0.25) is 0 Å². The van der Waals surface area contributed by atoms with Gasteiger partial charge in [0, 0.05) is 39.3 Å². The minimum atomic E-state index is 0.800. The predicted octanol–water partition coefficient (Wildman–Crippen LogP) is 2.55. The smallest absolute Gasteiger partial charge is 0.0518 e. The second-order valence-corrected chi connectivity index (χ2v) is 5.28. The van der Waals surface area contributed by atoms with Crippen LogP contribution in [0.4, 0.5) is 0 Å². The topological polar surface area (TPSA) is 21.7 Å². The monoisotopic (exact) mass is 243 g/mol. The molecule has 0 radical (unpaired) electrons. The highest BCUT2D eigenvalue weighted by atomic mass is 16.5. The number of unbranched alkanes of at least 4 members (excludes halogenated alkanes) is 5. The van der Waals surface area contributed by atoms with Crippen molar-refractivity contribution in [1.29, 1.82) is 0 Å². The highest BCUT2D eigenvalue weighted by molar-refractivity contribution is 4.75. The third-order valence-electron chi connectivity index (χ3n) is 3.38. The maximum Gasteiger partial charge on any atom is 0.0518 e. The first-order valence-corrected chi connectivity index (χ1v) is 7.08. The van der Waals surface area contributed by atoms with E-state index in [4.69, 9.17) is 9.47 Å². The Morgan fingerprint density at radius 2 is 1.53 bits per heavy atom. The van der Waals surface area contributed by atoms with Crippen molar-refractivity contribution in [1.82, 2.24) is 4.90 Å². The van der Waals surface area contributed by atoms with Crippen LogP contribution in [0, 0.1) is 5.92 Å². The van der Waals surface area contributed by atoms with E-state index in [1.165, 1.54) is 51.6 Å². The Morgan fingerprint density at radius 1 is 0.941 bits per heavy atom. The van der Waals surface area contributed by atoms with E-state index in [1.54, 1.807) is 7.11 Å². The zero-order valence-corrected chi connectivity index (χ0v) is 11.6. The van der Waals surface area contributed by atoms with Crippen LogP contribution < -0.4 is 0 Å². The van der Waals surface area contributed by atoms with Crippen LogP contribution in [0.15, 0.2) is 0 Å². The molecule has 1 aliphatic rings. The second-order valence-electron chi connectivity index (χ2n) is 5.28. The Hall–Kier alpha value is -0.120. The van der Waals surface area contributed by atoms with Crippen LogP contribution in [0.1, 0.15) is 38.5 Å². The van der Waals surface area contributed by atoms with Gasteiger partial charge in [-0.25, -0.2) is 0 Å². The molecule has 1 fully saturated rings. The number of hydrogen-bond donors (Lipinski definition) is 0. The van der Waals surface area contributed by atoms with Gasteiger partial charge in [0.15, 0.2) is 0 Å². The first kappa shape index (κ1) is 14.9. The molecule has 1 heterocycles. The van der Waals surface area contributed by atoms with Crippen LogP contribution >= 0.6 is 0 Å². The summed E-state index contributed by atoms with van der Waals surface area (Å²) < 4.78 is 10.7. The molecule has 0 aromatic rings. The molecule has 1 aliphatic heterocycles. The van der Waals surface area contributed by atoms with Crippen molar-refractivity contribution in [3.63, 3.8) is 0 Å². The Morgan fingerprint density at radius 3 is 2.12 bits per heavy atom. The molecule has 0 aromatic heterocycles. The van der Waals surface area contributed by atoms with Gasteiger partial charge in [0.25, 0.3) is 0 Å². The first-order chi connectivity index (χ1) is 8.33. The minimum absolute atomic E-state index is 0.800. The molecule has 0 bridgehead atoms. The molecule has 0 amide bonds. The van der Waals surface area contributed by atoms with Crippen molar-refractivity contribution >= 4 is 0 Å². The van der Waals surface area contributed by atoms with E-state index in [1.807, 2.05) is 0 Å². The Balaban J connectivity index is 1.67. The van der Waals surface area contributed by atoms with Crippen molar-refractivity contribution in [2.75, 3.05) is 47.1 Å². The molecule has 1 rings (SSSR count). The van der Waals surface area contributed by atoms with Gasteiger partial charge in [0.1, 0.15) is 0 Å². The van der Waals surface area contributed by atoms with Crippen LogP contribution in [-0.2, 0) is 9.47 Å². The lowest BCUT2D eigenvalue weighted by atomic mass is 10.0. The molecule has 3 nitrogen and oxygen atoms in total. The summed E-state index contributed by atoms with van der Waals surface area (Å²) in [5.41, 5.74) is 0. The van der Waals surface area contributed by atoms with E-state index in [-0.39, 0.29) is 0 Å². The summed E-state index contributed by atoms with van der Waals surface area (Å²) >= 11 is 0. The lowest BCUT2D eigenvalue weighted by Gasteiger charge is -2.35. The number of ether oxygens (including phenoxy) is 2. The Labute approximate surface area is 106 Å². The Kier molecular flexibility index (Phi) is 8.67. The summed E-state index contributed by atoms with van der Waals surface area (Å²) in [6.07, 6.45) is 7.76. The largest absolute Gasteiger partial charge is 0.385 e. The number of hydrogen-bond acceptors (Lipinski definition) is 3. The standard InChI is InChI=1S/C14H29NO2/c1-15-11-14(12-15)13-17-10-8-6-4-3-5-7-9-16-2/h14H,3-13H2,1-2H3. The lowest BCUT2D eigenvalue weighted by molar-refractivity contribution is 0.0264. The molecule has 0 N–H and O–H groups in total. The highest BCUT2D eigenvalue weighted by Gasteiger charge is 2.22. The normalized spacial score (nSPS) is 17.3. The first-order valence-electron chi connectivity index (χ1n) is 7.08. The van der Waals surface area contributed by atoms with Gasteiger partial charge in [-0.15, -0.1) is 0 Å². The quantitative estimate of drug-likeness (QED) is 0.521. The van der Waals surface area contributed by atoms with Crippen LogP contribution in [0.5, 0.6) is 0 Å². The molecule has 1 saturated heterocycles. The van der Waals surface area contributed by atoms with Gasteiger partial charge in [0.2, 0.25) is 0 Å². The number of nitrogens with zero attached hydrogens (tertiary/aromatic N) is 1. The van der Waals surface area contributed by atoms with Crippen molar-refractivity contribution in [2.45, 2.75) is 38.5 Å². The SMILES string of the molecule is COCCCCCCCCOCC1CN(C)C1. The fourth-order valence-corrected chi connectivity index (χ4v) is 2.34. The van der Waals surface area contributed by atoms with Gasteiger partial charge >= 0.3 is 0 Å². The molecular formula is C14H29NO2. The average molecular weight is 243 g/mol. The summed E-state index contributed by atoms with van der Waals surface area (Å²) in [5.74, 6) is 0.800. The van der Waals surface area contributed by atoms with E-state index in [0.29, 0.717) is 0 Å². The highest BCUT2D eigenvalue weighted by Crippen LogP contribution is 2.13. The molecule has 3 heteroatoms. The maximum atomic E-state index is 5.68. The van der Waals surface area contributed by atoms with E-state index in [0.717, 1.165) is 25.7 Å². The fourth-order valence-electron chi connectivity index (χ4n) is 2.34. The van der Waals surface area contributed by atoms with Gasteiger partial charge in [-0.1, -0.05) is 25.7 Å². The third kappa shape index (κ3) is 7.74. The van der Waals surface area contributed by atoms with Gasteiger partial charge in [-0.2, -0.15) is 0 Å². The molecule has 0 aliphatic carbocycles.